The summed E-state index contributed by atoms with van der Waals surface area (Å²) in [4.78, 5) is 30.2. The van der Waals surface area contributed by atoms with Crippen molar-refractivity contribution in [2.75, 3.05) is 11.1 Å². The molecular formula is C13H16N4O3S. The molecule has 0 unspecified atom stereocenters. The third kappa shape index (κ3) is 4.45. The summed E-state index contributed by atoms with van der Waals surface area (Å²) in [5.41, 5.74) is 0.484. The van der Waals surface area contributed by atoms with E-state index in [4.69, 9.17) is 4.52 Å². The number of nitrogens with zero attached hydrogens (tertiary/aromatic N) is 2. The average molecular weight is 308 g/mol. The number of aryl methyl sites for hydroxylation is 1. The Balaban J connectivity index is 1.96. The quantitative estimate of drug-likeness (QED) is 0.646. The van der Waals surface area contributed by atoms with Crippen LogP contribution in [0.5, 0.6) is 0 Å². The first-order chi connectivity index (χ1) is 9.94. The summed E-state index contributed by atoms with van der Waals surface area (Å²) >= 11 is 1.16. The van der Waals surface area contributed by atoms with Crippen LogP contribution in [-0.4, -0.2) is 26.8 Å². The van der Waals surface area contributed by atoms with E-state index in [-0.39, 0.29) is 23.1 Å². The Morgan fingerprint density at radius 3 is 2.86 bits per heavy atom. The highest BCUT2D eigenvalue weighted by atomic mass is 32.2. The first-order valence-electron chi connectivity index (χ1n) is 6.41. The van der Waals surface area contributed by atoms with Gasteiger partial charge in [-0.3, -0.25) is 9.59 Å². The van der Waals surface area contributed by atoms with Gasteiger partial charge in [-0.1, -0.05) is 30.8 Å². The Bertz CT molecular complexity index is 693. The lowest BCUT2D eigenvalue weighted by Gasteiger charge is -2.06. The van der Waals surface area contributed by atoms with E-state index in [0.29, 0.717) is 22.4 Å². The fraction of sp³-hybridized carbons (Fsp3) is 0.385. The molecule has 2 heterocycles. The minimum atomic E-state index is -0.245. The lowest BCUT2D eigenvalue weighted by molar-refractivity contribution is -0.113. The van der Waals surface area contributed by atoms with Crippen molar-refractivity contribution in [2.45, 2.75) is 31.8 Å². The van der Waals surface area contributed by atoms with Crippen molar-refractivity contribution in [1.82, 2.24) is 15.1 Å². The van der Waals surface area contributed by atoms with E-state index >= 15 is 0 Å². The van der Waals surface area contributed by atoms with Crippen molar-refractivity contribution in [1.29, 1.82) is 0 Å². The molecule has 0 saturated carbocycles. The number of aromatic amines is 1. The minimum absolute atomic E-state index is 0.121. The van der Waals surface area contributed by atoms with Gasteiger partial charge in [-0.15, -0.1) is 0 Å². The Hall–Kier alpha value is -2.09. The molecule has 0 aromatic carbocycles. The molecule has 1 amide bonds. The number of hydrogen-bond donors (Lipinski definition) is 2. The smallest absolute Gasteiger partial charge is 0.251 e. The second-order valence-electron chi connectivity index (χ2n) is 4.79. The summed E-state index contributed by atoms with van der Waals surface area (Å²) in [7, 11) is 0. The number of thioether (sulfide) groups is 1. The van der Waals surface area contributed by atoms with Crippen molar-refractivity contribution in [2.24, 2.45) is 0 Å². The van der Waals surface area contributed by atoms with E-state index in [2.05, 4.69) is 20.4 Å². The van der Waals surface area contributed by atoms with Crippen LogP contribution >= 0.6 is 11.8 Å². The van der Waals surface area contributed by atoms with E-state index in [1.807, 2.05) is 13.8 Å². The van der Waals surface area contributed by atoms with E-state index in [9.17, 15) is 9.59 Å². The van der Waals surface area contributed by atoms with Crippen LogP contribution in [0.3, 0.4) is 0 Å². The summed E-state index contributed by atoms with van der Waals surface area (Å²) in [5.74, 6) is 1.02. The Morgan fingerprint density at radius 2 is 2.24 bits per heavy atom. The number of rotatable bonds is 5. The van der Waals surface area contributed by atoms with E-state index in [1.54, 1.807) is 13.0 Å². The molecular weight excluding hydrogens is 292 g/mol. The maximum atomic E-state index is 11.8. The topological polar surface area (TPSA) is 101 Å². The Kier molecular flexibility index (Phi) is 4.79. The van der Waals surface area contributed by atoms with Gasteiger partial charge in [0.1, 0.15) is 5.76 Å². The number of amides is 1. The molecule has 0 aliphatic rings. The van der Waals surface area contributed by atoms with Gasteiger partial charge in [0, 0.05) is 12.1 Å². The molecule has 2 N–H and O–H groups in total. The highest BCUT2D eigenvalue weighted by Gasteiger charge is 2.10. The molecule has 0 atom stereocenters. The molecule has 21 heavy (non-hydrogen) atoms. The molecule has 2 rings (SSSR count). The second-order valence-corrected chi connectivity index (χ2v) is 5.75. The SMILES string of the molecule is Cc1cc(NC(=O)CSc2nc(C(C)C)cc(=O)[nH]2)no1. The van der Waals surface area contributed by atoms with Gasteiger partial charge < -0.3 is 14.8 Å². The van der Waals surface area contributed by atoms with Gasteiger partial charge in [0.05, 0.1) is 11.4 Å². The first-order valence-corrected chi connectivity index (χ1v) is 7.40. The van der Waals surface area contributed by atoms with Crippen LogP contribution in [0.2, 0.25) is 0 Å². The fourth-order valence-corrected chi connectivity index (χ4v) is 2.24. The molecule has 7 nitrogen and oxygen atoms in total. The highest BCUT2D eigenvalue weighted by molar-refractivity contribution is 7.99. The van der Waals surface area contributed by atoms with Crippen LogP contribution in [0, 0.1) is 6.92 Å². The molecule has 0 saturated heterocycles. The molecule has 0 fully saturated rings. The molecule has 112 valence electrons. The average Bonchev–Trinajstić information content (AvgIpc) is 2.81. The zero-order chi connectivity index (χ0) is 15.4. The van der Waals surface area contributed by atoms with Crippen LogP contribution < -0.4 is 10.9 Å². The molecule has 2 aromatic heterocycles. The molecule has 2 aromatic rings. The van der Waals surface area contributed by atoms with Gasteiger partial charge in [0.2, 0.25) is 5.91 Å². The van der Waals surface area contributed by atoms with E-state index in [0.717, 1.165) is 11.8 Å². The van der Waals surface area contributed by atoms with Crippen LogP contribution in [0.1, 0.15) is 31.2 Å². The lowest BCUT2D eigenvalue weighted by Crippen LogP contribution is -2.16. The number of nitrogens with one attached hydrogen (secondary N) is 2. The van der Waals surface area contributed by atoms with Crippen LogP contribution in [-0.2, 0) is 4.79 Å². The summed E-state index contributed by atoms with van der Waals surface area (Å²) in [6.07, 6.45) is 0. The number of carbonyl (C=O) groups excluding carboxylic acids is 1. The third-order valence-corrected chi connectivity index (χ3v) is 3.44. The predicted octanol–water partition coefficient (Wildman–Crippen LogP) is 1.92. The highest BCUT2D eigenvalue weighted by Crippen LogP contribution is 2.16. The number of carbonyl (C=O) groups is 1. The fourth-order valence-electron chi connectivity index (χ4n) is 1.56. The van der Waals surface area contributed by atoms with Crippen LogP contribution in [0.15, 0.2) is 26.6 Å². The molecule has 0 radical (unpaired) electrons. The van der Waals surface area contributed by atoms with E-state index < -0.39 is 0 Å². The minimum Gasteiger partial charge on any atom is -0.360 e. The largest absolute Gasteiger partial charge is 0.360 e. The summed E-state index contributed by atoms with van der Waals surface area (Å²) < 4.78 is 4.85. The van der Waals surface area contributed by atoms with Gasteiger partial charge in [-0.25, -0.2) is 4.98 Å². The Morgan fingerprint density at radius 1 is 1.48 bits per heavy atom. The van der Waals surface area contributed by atoms with Gasteiger partial charge >= 0.3 is 0 Å². The second kappa shape index (κ2) is 6.57. The van der Waals surface area contributed by atoms with Crippen molar-refractivity contribution in [3.63, 3.8) is 0 Å². The normalized spacial score (nSPS) is 10.9. The summed E-state index contributed by atoms with van der Waals surface area (Å²) in [6.45, 7) is 5.65. The number of hydrogen-bond acceptors (Lipinski definition) is 6. The van der Waals surface area contributed by atoms with Crippen LogP contribution in [0.4, 0.5) is 5.82 Å². The van der Waals surface area contributed by atoms with Gasteiger partial charge in [-0.2, -0.15) is 0 Å². The standard InChI is InChI=1S/C13H16N4O3S/c1-7(2)9-5-11(18)16-13(14-9)21-6-12(19)15-10-4-8(3)20-17-10/h4-5,7H,6H2,1-3H3,(H,14,16,18)(H,15,17,19). The number of anilines is 1. The van der Waals surface area contributed by atoms with E-state index in [1.165, 1.54) is 6.07 Å². The molecule has 0 spiro atoms. The van der Waals surface area contributed by atoms with Gasteiger partial charge in [0.15, 0.2) is 11.0 Å². The molecule has 0 aliphatic carbocycles. The molecule has 8 heteroatoms. The number of aromatic nitrogens is 3. The van der Waals surface area contributed by atoms with Crippen molar-refractivity contribution in [3.05, 3.63) is 33.9 Å². The lowest BCUT2D eigenvalue weighted by atomic mass is 10.1. The maximum Gasteiger partial charge on any atom is 0.251 e. The van der Waals surface area contributed by atoms with Crippen molar-refractivity contribution in [3.8, 4) is 0 Å². The summed E-state index contributed by atoms with van der Waals surface area (Å²) in [5, 5.41) is 6.70. The van der Waals surface area contributed by atoms with Crippen LogP contribution in [0.25, 0.3) is 0 Å². The monoisotopic (exact) mass is 308 g/mol. The third-order valence-electron chi connectivity index (χ3n) is 2.57. The zero-order valence-electron chi connectivity index (χ0n) is 12.0. The zero-order valence-corrected chi connectivity index (χ0v) is 12.8. The van der Waals surface area contributed by atoms with Crippen molar-refractivity contribution < 1.29 is 9.32 Å². The van der Waals surface area contributed by atoms with Crippen molar-refractivity contribution >= 4 is 23.5 Å². The predicted molar refractivity (Wildman–Crippen MR) is 79.5 cm³/mol. The summed E-state index contributed by atoms with van der Waals surface area (Å²) in [6, 6.07) is 3.09. The number of H-pyrrole nitrogens is 1. The van der Waals surface area contributed by atoms with Gasteiger partial charge in [-0.05, 0) is 12.8 Å². The first kappa shape index (κ1) is 15.3. The molecule has 0 bridgehead atoms. The maximum absolute atomic E-state index is 11.8. The van der Waals surface area contributed by atoms with Gasteiger partial charge in [0.25, 0.3) is 5.56 Å². The molecule has 0 aliphatic heterocycles. The Labute approximate surface area is 125 Å².